The quantitative estimate of drug-likeness (QED) is 0.586. The summed E-state index contributed by atoms with van der Waals surface area (Å²) in [6.07, 6.45) is 0. The van der Waals surface area contributed by atoms with Crippen molar-refractivity contribution in [1.29, 1.82) is 0 Å². The number of nitrogens with zero attached hydrogens (tertiary/aromatic N) is 2. The molecule has 132 valence electrons. The fourth-order valence-electron chi connectivity index (χ4n) is 3.07. The number of benzene rings is 1. The van der Waals surface area contributed by atoms with Gasteiger partial charge in [-0.25, -0.2) is 9.79 Å². The Bertz CT molecular complexity index is 1030. The van der Waals surface area contributed by atoms with Crippen molar-refractivity contribution < 1.29 is 9.59 Å². The van der Waals surface area contributed by atoms with E-state index in [-0.39, 0.29) is 5.91 Å². The minimum Gasteiger partial charge on any atom is -0.328 e. The van der Waals surface area contributed by atoms with Gasteiger partial charge in [-0.1, -0.05) is 0 Å². The minimum absolute atomic E-state index is 0.221. The summed E-state index contributed by atoms with van der Waals surface area (Å²) >= 11 is 4.92. The molecule has 9 heteroatoms. The zero-order valence-corrected chi connectivity index (χ0v) is 16.0. The molecule has 0 radical (unpaired) electrons. The van der Waals surface area contributed by atoms with Crippen LogP contribution in [0.25, 0.3) is 10.9 Å². The summed E-state index contributed by atoms with van der Waals surface area (Å²) in [7, 11) is 0. The monoisotopic (exact) mass is 431 g/mol. The summed E-state index contributed by atoms with van der Waals surface area (Å²) in [6, 6.07) is 6.51. The van der Waals surface area contributed by atoms with Crippen LogP contribution in [0, 0.1) is 5.92 Å². The van der Waals surface area contributed by atoms with E-state index < -0.39 is 18.0 Å². The maximum absolute atomic E-state index is 13.0. The Morgan fingerprint density at radius 3 is 2.96 bits per heavy atom. The second kappa shape index (κ2) is 6.65. The SMILES string of the molecule is CC1=NC(=O)NC(c2ccsc2)C1C(=O)Nc1ccc2n[nH]c(Br)c2c1. The van der Waals surface area contributed by atoms with Gasteiger partial charge >= 0.3 is 6.03 Å². The van der Waals surface area contributed by atoms with E-state index >= 15 is 0 Å². The minimum atomic E-state index is -0.578. The van der Waals surface area contributed by atoms with Crippen LogP contribution in [0.4, 0.5) is 10.5 Å². The van der Waals surface area contributed by atoms with Gasteiger partial charge in [-0.2, -0.15) is 16.4 Å². The van der Waals surface area contributed by atoms with Crippen molar-refractivity contribution >= 4 is 61.5 Å². The molecule has 0 saturated carbocycles. The Morgan fingerprint density at radius 1 is 1.35 bits per heavy atom. The van der Waals surface area contributed by atoms with Crippen LogP contribution in [0.1, 0.15) is 18.5 Å². The summed E-state index contributed by atoms with van der Waals surface area (Å²) in [5.41, 5.74) is 2.84. The van der Waals surface area contributed by atoms with Crippen LogP contribution in [-0.2, 0) is 4.79 Å². The maximum atomic E-state index is 13.0. The number of fused-ring (bicyclic) bond motifs is 1. The largest absolute Gasteiger partial charge is 0.341 e. The zero-order valence-electron chi connectivity index (χ0n) is 13.6. The van der Waals surface area contributed by atoms with E-state index in [2.05, 4.69) is 41.8 Å². The van der Waals surface area contributed by atoms with E-state index in [1.54, 1.807) is 13.0 Å². The van der Waals surface area contributed by atoms with Crippen molar-refractivity contribution in [2.24, 2.45) is 10.9 Å². The van der Waals surface area contributed by atoms with Gasteiger partial charge in [-0.15, -0.1) is 0 Å². The number of aliphatic imine (C=N–C) groups is 1. The molecule has 2 atom stereocenters. The molecule has 7 nitrogen and oxygen atoms in total. The third kappa shape index (κ3) is 3.04. The zero-order chi connectivity index (χ0) is 18.3. The first-order valence-electron chi connectivity index (χ1n) is 7.85. The number of halogens is 1. The Labute approximate surface area is 161 Å². The normalized spacial score (nSPS) is 19.9. The second-order valence-electron chi connectivity index (χ2n) is 5.97. The molecule has 4 rings (SSSR count). The Morgan fingerprint density at radius 2 is 2.19 bits per heavy atom. The number of carbonyl (C=O) groups excluding carboxylic acids is 2. The van der Waals surface area contributed by atoms with Crippen LogP contribution in [-0.4, -0.2) is 27.8 Å². The van der Waals surface area contributed by atoms with Gasteiger partial charge in [-0.05, 0) is 63.4 Å². The van der Waals surface area contributed by atoms with E-state index in [9.17, 15) is 9.59 Å². The van der Waals surface area contributed by atoms with Gasteiger partial charge in [0.25, 0.3) is 0 Å². The summed E-state index contributed by atoms with van der Waals surface area (Å²) in [6.45, 7) is 1.71. The lowest BCUT2D eigenvalue weighted by molar-refractivity contribution is -0.118. The molecule has 1 aliphatic heterocycles. The highest BCUT2D eigenvalue weighted by Gasteiger charge is 2.37. The van der Waals surface area contributed by atoms with Crippen molar-refractivity contribution in [3.8, 4) is 0 Å². The first kappa shape index (κ1) is 16.9. The molecule has 3 N–H and O–H groups in total. The van der Waals surface area contributed by atoms with Gasteiger partial charge in [-0.3, -0.25) is 9.89 Å². The van der Waals surface area contributed by atoms with Crippen LogP contribution in [0.3, 0.4) is 0 Å². The number of anilines is 1. The lowest BCUT2D eigenvalue weighted by Crippen LogP contribution is -2.45. The topological polar surface area (TPSA) is 99.2 Å². The van der Waals surface area contributed by atoms with Crippen LogP contribution in [0.15, 0.2) is 44.6 Å². The Balaban J connectivity index is 1.64. The molecular formula is C17H14BrN5O2S. The van der Waals surface area contributed by atoms with Crippen LogP contribution in [0.5, 0.6) is 0 Å². The number of amides is 3. The molecule has 2 aromatic heterocycles. The number of nitrogens with one attached hydrogen (secondary N) is 3. The smallest absolute Gasteiger partial charge is 0.328 e. The first-order chi connectivity index (χ1) is 12.5. The molecule has 3 aromatic rings. The van der Waals surface area contributed by atoms with Crippen molar-refractivity contribution in [2.45, 2.75) is 13.0 Å². The number of thiophene rings is 1. The van der Waals surface area contributed by atoms with Gasteiger partial charge in [0.1, 0.15) is 10.5 Å². The summed E-state index contributed by atoms with van der Waals surface area (Å²) in [4.78, 5) is 28.7. The number of rotatable bonds is 3. The fourth-order valence-corrected chi connectivity index (χ4v) is 4.17. The predicted molar refractivity (Wildman–Crippen MR) is 105 cm³/mol. The predicted octanol–water partition coefficient (Wildman–Crippen LogP) is 3.87. The van der Waals surface area contributed by atoms with Gasteiger partial charge in [0.15, 0.2) is 0 Å². The lowest BCUT2D eigenvalue weighted by Gasteiger charge is -2.29. The number of aromatic nitrogens is 2. The number of carbonyl (C=O) groups is 2. The fraction of sp³-hybridized carbons (Fsp3) is 0.176. The van der Waals surface area contributed by atoms with E-state index in [1.807, 2.05) is 29.0 Å². The third-order valence-corrected chi connectivity index (χ3v) is 5.61. The number of urea groups is 1. The summed E-state index contributed by atoms with van der Waals surface area (Å²) in [5, 5.41) is 17.4. The molecule has 26 heavy (non-hydrogen) atoms. The third-order valence-electron chi connectivity index (χ3n) is 4.30. The molecule has 1 aliphatic rings. The van der Waals surface area contributed by atoms with Gasteiger partial charge in [0, 0.05) is 16.8 Å². The highest BCUT2D eigenvalue weighted by atomic mass is 79.9. The molecule has 3 amide bonds. The average molecular weight is 432 g/mol. The molecule has 0 spiro atoms. The standard InChI is InChI=1S/C17H14BrN5O2S/c1-8-13(14(21-17(25)19-8)9-4-5-26-7-9)16(24)20-10-2-3-12-11(6-10)15(18)23-22-12/h2-7,13-14H,1H3,(H,20,24)(H,21,25)(H,22,23). The molecule has 2 unspecified atom stereocenters. The van der Waals surface area contributed by atoms with E-state index in [0.717, 1.165) is 21.1 Å². The summed E-state index contributed by atoms with van der Waals surface area (Å²) < 4.78 is 0.752. The van der Waals surface area contributed by atoms with Crippen molar-refractivity contribution in [2.75, 3.05) is 5.32 Å². The molecular weight excluding hydrogens is 418 g/mol. The maximum Gasteiger partial charge on any atom is 0.341 e. The van der Waals surface area contributed by atoms with Gasteiger partial charge in [0.05, 0.1) is 11.6 Å². The van der Waals surface area contributed by atoms with Crippen molar-refractivity contribution in [3.05, 3.63) is 45.2 Å². The van der Waals surface area contributed by atoms with Crippen LogP contribution >= 0.6 is 27.3 Å². The van der Waals surface area contributed by atoms with E-state index in [4.69, 9.17) is 0 Å². The lowest BCUT2D eigenvalue weighted by atomic mass is 9.88. The second-order valence-corrected chi connectivity index (χ2v) is 7.55. The highest BCUT2D eigenvalue weighted by molar-refractivity contribution is 9.10. The van der Waals surface area contributed by atoms with Gasteiger partial charge in [0.2, 0.25) is 5.91 Å². The van der Waals surface area contributed by atoms with Gasteiger partial charge < -0.3 is 10.6 Å². The average Bonchev–Trinajstić information content (AvgIpc) is 3.24. The number of hydrogen-bond acceptors (Lipinski definition) is 4. The molecule has 1 aromatic carbocycles. The molecule has 0 bridgehead atoms. The molecule has 0 fully saturated rings. The van der Waals surface area contributed by atoms with Crippen LogP contribution < -0.4 is 10.6 Å². The molecule has 3 heterocycles. The highest BCUT2D eigenvalue weighted by Crippen LogP contribution is 2.30. The van der Waals surface area contributed by atoms with Crippen molar-refractivity contribution in [3.63, 3.8) is 0 Å². The van der Waals surface area contributed by atoms with E-state index in [1.165, 1.54) is 11.3 Å². The Kier molecular flexibility index (Phi) is 4.33. The molecule has 0 saturated heterocycles. The number of aromatic amines is 1. The number of H-pyrrole nitrogens is 1. The summed E-state index contributed by atoms with van der Waals surface area (Å²) in [5.74, 6) is -0.799. The van der Waals surface area contributed by atoms with Crippen molar-refractivity contribution in [1.82, 2.24) is 15.5 Å². The first-order valence-corrected chi connectivity index (χ1v) is 9.59. The van der Waals surface area contributed by atoms with E-state index in [0.29, 0.717) is 11.4 Å². The molecule has 0 aliphatic carbocycles. The van der Waals surface area contributed by atoms with Crippen LogP contribution in [0.2, 0.25) is 0 Å². The Hall–Kier alpha value is -2.52. The number of hydrogen-bond donors (Lipinski definition) is 3.